The minimum Gasteiger partial charge on any atom is -0.497 e. The number of carbonyl (C=O) groups is 1. The van der Waals surface area contributed by atoms with Gasteiger partial charge in [-0.1, -0.05) is 49.0 Å². The van der Waals surface area contributed by atoms with Crippen LogP contribution in [0, 0.1) is 0 Å². The summed E-state index contributed by atoms with van der Waals surface area (Å²) in [7, 11) is 1.64. The van der Waals surface area contributed by atoms with Crippen molar-refractivity contribution in [1.29, 1.82) is 0 Å². The van der Waals surface area contributed by atoms with Crippen molar-refractivity contribution in [2.45, 2.75) is 25.0 Å². The van der Waals surface area contributed by atoms with Crippen LogP contribution in [0.25, 0.3) is 11.4 Å². The van der Waals surface area contributed by atoms with Crippen molar-refractivity contribution in [1.82, 2.24) is 14.8 Å². The molecule has 0 aliphatic carbocycles. The summed E-state index contributed by atoms with van der Waals surface area (Å²) in [4.78, 5) is 12.5. The molecule has 1 heterocycles. The first-order chi connectivity index (χ1) is 13.7. The van der Waals surface area contributed by atoms with Gasteiger partial charge in [-0.3, -0.25) is 9.36 Å². The summed E-state index contributed by atoms with van der Waals surface area (Å²) < 4.78 is 7.17. The number of hydrogen-bond donors (Lipinski definition) is 0. The molecule has 0 radical (unpaired) electrons. The summed E-state index contributed by atoms with van der Waals surface area (Å²) in [5.41, 5.74) is 2.87. The highest BCUT2D eigenvalue weighted by Gasteiger charge is 2.15. The average molecular weight is 394 g/mol. The van der Waals surface area contributed by atoms with Crippen molar-refractivity contribution in [2.24, 2.45) is 0 Å². The Kier molecular flexibility index (Phi) is 6.66. The van der Waals surface area contributed by atoms with Gasteiger partial charge in [-0.05, 0) is 36.2 Å². The topological polar surface area (TPSA) is 57.0 Å². The molecule has 0 spiro atoms. The van der Waals surface area contributed by atoms with Crippen LogP contribution in [0.5, 0.6) is 5.75 Å². The Labute approximate surface area is 169 Å². The van der Waals surface area contributed by atoms with Crippen molar-refractivity contribution >= 4 is 17.5 Å². The number of thioether (sulfide) groups is 1. The lowest BCUT2D eigenvalue weighted by Gasteiger charge is -2.08. The summed E-state index contributed by atoms with van der Waals surface area (Å²) in [5.74, 6) is 1.91. The number of carbonyl (C=O) groups excluding carboxylic acids is 1. The number of Topliss-reactive ketones (excluding diaryl/α,β-unsaturated/α-hetero) is 1. The monoisotopic (exact) mass is 393 g/mol. The van der Waals surface area contributed by atoms with Crippen LogP contribution in [-0.2, 0) is 13.0 Å². The van der Waals surface area contributed by atoms with E-state index in [0.29, 0.717) is 17.5 Å². The quantitative estimate of drug-likeness (QED) is 0.300. The first kappa shape index (κ1) is 19.9. The lowest BCUT2D eigenvalue weighted by molar-refractivity contribution is 0.102. The van der Waals surface area contributed by atoms with E-state index in [4.69, 9.17) is 4.74 Å². The normalized spacial score (nSPS) is 10.6. The van der Waals surface area contributed by atoms with Gasteiger partial charge in [-0.25, -0.2) is 0 Å². The SMILES string of the molecule is C=CCn1c(SCC(=O)c2ccc(CC)cc2)nnc1-c1ccc(OC)cc1. The second-order valence-corrected chi connectivity index (χ2v) is 7.14. The number of hydrogen-bond acceptors (Lipinski definition) is 5. The maximum atomic E-state index is 12.5. The van der Waals surface area contributed by atoms with Gasteiger partial charge in [0.05, 0.1) is 12.9 Å². The molecule has 3 rings (SSSR count). The Hall–Kier alpha value is -2.86. The second-order valence-electron chi connectivity index (χ2n) is 6.20. The molecule has 0 aliphatic heterocycles. The van der Waals surface area contributed by atoms with Crippen LogP contribution in [0.2, 0.25) is 0 Å². The Bertz CT molecular complexity index is 947. The first-order valence-corrected chi connectivity index (χ1v) is 10.1. The van der Waals surface area contributed by atoms with E-state index in [0.717, 1.165) is 29.1 Å². The van der Waals surface area contributed by atoms with E-state index in [9.17, 15) is 4.79 Å². The van der Waals surface area contributed by atoms with Crippen molar-refractivity contribution < 1.29 is 9.53 Å². The highest BCUT2D eigenvalue weighted by Crippen LogP contribution is 2.26. The van der Waals surface area contributed by atoms with Crippen LogP contribution in [-0.4, -0.2) is 33.4 Å². The van der Waals surface area contributed by atoms with Crippen LogP contribution < -0.4 is 4.74 Å². The molecule has 0 unspecified atom stereocenters. The van der Waals surface area contributed by atoms with E-state index in [2.05, 4.69) is 23.7 Å². The molecule has 0 saturated heterocycles. The number of ketones is 1. The lowest BCUT2D eigenvalue weighted by Crippen LogP contribution is -2.05. The molecular weight excluding hydrogens is 370 g/mol. The Morgan fingerprint density at radius 2 is 1.86 bits per heavy atom. The van der Waals surface area contributed by atoms with Crippen LogP contribution in [0.15, 0.2) is 66.3 Å². The van der Waals surface area contributed by atoms with Crippen LogP contribution in [0.1, 0.15) is 22.8 Å². The zero-order valence-corrected chi connectivity index (χ0v) is 16.9. The number of rotatable bonds is 9. The number of aromatic nitrogens is 3. The number of nitrogens with zero attached hydrogens (tertiary/aromatic N) is 3. The fraction of sp³-hybridized carbons (Fsp3) is 0.227. The molecule has 0 fully saturated rings. The van der Waals surface area contributed by atoms with Gasteiger partial charge in [-0.15, -0.1) is 16.8 Å². The minimum absolute atomic E-state index is 0.0757. The average Bonchev–Trinajstić information content (AvgIpc) is 3.15. The van der Waals surface area contributed by atoms with Gasteiger partial charge in [0, 0.05) is 17.7 Å². The smallest absolute Gasteiger partial charge is 0.192 e. The van der Waals surface area contributed by atoms with Crippen LogP contribution in [0.4, 0.5) is 0 Å². The molecule has 1 aromatic heterocycles. The van der Waals surface area contributed by atoms with Gasteiger partial charge < -0.3 is 4.74 Å². The van der Waals surface area contributed by atoms with E-state index in [1.54, 1.807) is 13.2 Å². The highest BCUT2D eigenvalue weighted by atomic mass is 32.2. The van der Waals surface area contributed by atoms with Gasteiger partial charge >= 0.3 is 0 Å². The predicted molar refractivity (Wildman–Crippen MR) is 113 cm³/mol. The number of benzene rings is 2. The Morgan fingerprint density at radius 1 is 1.14 bits per heavy atom. The molecule has 5 nitrogen and oxygen atoms in total. The second kappa shape index (κ2) is 9.37. The van der Waals surface area contributed by atoms with Crippen molar-refractivity contribution in [2.75, 3.05) is 12.9 Å². The third-order valence-corrected chi connectivity index (χ3v) is 5.36. The number of allylic oxidation sites excluding steroid dienone is 1. The molecule has 0 bridgehead atoms. The van der Waals surface area contributed by atoms with Crippen molar-refractivity contribution in [3.63, 3.8) is 0 Å². The highest BCUT2D eigenvalue weighted by molar-refractivity contribution is 7.99. The predicted octanol–water partition coefficient (Wildman–Crippen LogP) is 4.68. The minimum atomic E-state index is 0.0757. The van der Waals surface area contributed by atoms with Gasteiger partial charge in [0.2, 0.25) is 0 Å². The molecule has 6 heteroatoms. The van der Waals surface area contributed by atoms with E-state index in [1.807, 2.05) is 53.1 Å². The molecule has 0 aliphatic rings. The van der Waals surface area contributed by atoms with Gasteiger partial charge in [0.25, 0.3) is 0 Å². The fourth-order valence-electron chi connectivity index (χ4n) is 2.78. The molecule has 0 saturated carbocycles. The summed E-state index contributed by atoms with van der Waals surface area (Å²) in [6.45, 7) is 6.49. The molecule has 28 heavy (non-hydrogen) atoms. The standard InChI is InChI=1S/C22H23N3O2S/c1-4-14-25-21(18-10-12-19(27-3)13-11-18)23-24-22(25)28-15-20(26)17-8-6-16(5-2)7-9-17/h4,6-13H,1,5,14-15H2,2-3H3. The van der Waals surface area contributed by atoms with Gasteiger partial charge in [0.1, 0.15) is 5.75 Å². The molecule has 0 atom stereocenters. The van der Waals surface area contributed by atoms with E-state index >= 15 is 0 Å². The van der Waals surface area contributed by atoms with Gasteiger partial charge in [-0.2, -0.15) is 0 Å². The van der Waals surface area contributed by atoms with Crippen LogP contribution in [0.3, 0.4) is 0 Å². The molecule has 144 valence electrons. The number of methoxy groups -OCH3 is 1. The largest absolute Gasteiger partial charge is 0.497 e. The third kappa shape index (κ3) is 4.51. The third-order valence-electron chi connectivity index (χ3n) is 4.39. The zero-order valence-electron chi connectivity index (χ0n) is 16.1. The summed E-state index contributed by atoms with van der Waals surface area (Å²) in [6, 6.07) is 15.4. The molecule has 0 N–H and O–H groups in total. The maximum absolute atomic E-state index is 12.5. The Morgan fingerprint density at radius 3 is 2.46 bits per heavy atom. The first-order valence-electron chi connectivity index (χ1n) is 9.09. The number of aryl methyl sites for hydroxylation is 1. The van der Waals surface area contributed by atoms with Crippen LogP contribution >= 0.6 is 11.8 Å². The summed E-state index contributed by atoms with van der Waals surface area (Å²) in [5, 5.41) is 9.32. The molecule has 2 aromatic carbocycles. The fourth-order valence-corrected chi connectivity index (χ4v) is 3.62. The van der Waals surface area contributed by atoms with Crippen molar-refractivity contribution in [3.05, 3.63) is 72.3 Å². The van der Waals surface area contributed by atoms with Gasteiger partial charge in [0.15, 0.2) is 16.8 Å². The van der Waals surface area contributed by atoms with E-state index < -0.39 is 0 Å². The Balaban J connectivity index is 1.76. The van der Waals surface area contributed by atoms with E-state index in [-0.39, 0.29) is 5.78 Å². The summed E-state index contributed by atoms with van der Waals surface area (Å²) >= 11 is 1.39. The number of ether oxygens (including phenoxy) is 1. The van der Waals surface area contributed by atoms with E-state index in [1.165, 1.54) is 17.3 Å². The molecular formula is C22H23N3O2S. The summed E-state index contributed by atoms with van der Waals surface area (Å²) in [6.07, 6.45) is 2.76. The zero-order chi connectivity index (χ0) is 19.9. The molecule has 3 aromatic rings. The molecule has 0 amide bonds. The lowest BCUT2D eigenvalue weighted by atomic mass is 10.1. The maximum Gasteiger partial charge on any atom is 0.192 e. The van der Waals surface area contributed by atoms with Crippen molar-refractivity contribution in [3.8, 4) is 17.1 Å².